The summed E-state index contributed by atoms with van der Waals surface area (Å²) >= 11 is 0. The van der Waals surface area contributed by atoms with Gasteiger partial charge in [-0.15, -0.1) is 0 Å². The standard InChI is InChI=1S/C31H34N2O3.C2H2O4/c1-3-21-14-23-16-25(17-24(23)15-22(21)4-2)32-18-28(34)26-10-12-29(31-27(26)11-13-30(35)33-31)36-19-20-8-6-5-7-9-20;3-1(4)2(5)6/h5-15,25,28,32,34H,3-4,16-19H2,1-2H3,(H,33,35);(H,3,4)(H,5,6)/t28-;/m0./s1. The molecule has 1 aromatic heterocycles. The lowest BCUT2D eigenvalue weighted by Gasteiger charge is -2.19. The van der Waals surface area contributed by atoms with Crippen molar-refractivity contribution in [2.45, 2.75) is 58.3 Å². The van der Waals surface area contributed by atoms with Gasteiger partial charge in [0.2, 0.25) is 5.56 Å². The van der Waals surface area contributed by atoms with E-state index in [1.165, 1.54) is 28.3 Å². The molecule has 0 saturated carbocycles. The molecule has 1 atom stereocenters. The van der Waals surface area contributed by atoms with Crippen molar-refractivity contribution in [1.82, 2.24) is 10.3 Å². The van der Waals surface area contributed by atoms with Crippen LogP contribution in [0.1, 0.15) is 53.3 Å². The van der Waals surface area contributed by atoms with E-state index in [1.54, 1.807) is 6.07 Å². The molecule has 5 rings (SSSR count). The molecule has 5 N–H and O–H groups in total. The lowest BCUT2D eigenvalue weighted by molar-refractivity contribution is -0.159. The van der Waals surface area contributed by atoms with Crippen LogP contribution in [0.2, 0.25) is 0 Å². The Bertz CT molecular complexity index is 1570. The first-order valence-corrected chi connectivity index (χ1v) is 14.0. The third-order valence-corrected chi connectivity index (χ3v) is 7.49. The van der Waals surface area contributed by atoms with Gasteiger partial charge in [-0.05, 0) is 71.2 Å². The summed E-state index contributed by atoms with van der Waals surface area (Å²) in [6.07, 6.45) is 3.39. The number of ether oxygens (including phenoxy) is 1. The molecule has 0 bridgehead atoms. The average molecular weight is 573 g/mol. The molecule has 220 valence electrons. The maximum atomic E-state index is 12.1. The number of rotatable bonds is 9. The summed E-state index contributed by atoms with van der Waals surface area (Å²) < 4.78 is 6.04. The molecule has 0 aliphatic heterocycles. The molecule has 0 radical (unpaired) electrons. The number of carboxylic acid groups (broad SMARTS) is 2. The molecule has 0 saturated heterocycles. The molecule has 42 heavy (non-hydrogen) atoms. The predicted octanol–water partition coefficient (Wildman–Crippen LogP) is 4.18. The number of fused-ring (bicyclic) bond motifs is 2. The zero-order valence-electron chi connectivity index (χ0n) is 23.7. The molecule has 1 heterocycles. The second-order valence-corrected chi connectivity index (χ2v) is 10.3. The van der Waals surface area contributed by atoms with Gasteiger partial charge in [0.15, 0.2) is 0 Å². The Morgan fingerprint density at radius 3 is 2.12 bits per heavy atom. The number of carbonyl (C=O) groups is 2. The van der Waals surface area contributed by atoms with Gasteiger partial charge in [0.1, 0.15) is 12.4 Å². The smallest absolute Gasteiger partial charge is 0.414 e. The average Bonchev–Trinajstić information content (AvgIpc) is 3.40. The van der Waals surface area contributed by atoms with Gasteiger partial charge in [0.05, 0.1) is 11.6 Å². The second-order valence-electron chi connectivity index (χ2n) is 10.3. The van der Waals surface area contributed by atoms with E-state index in [2.05, 4.69) is 36.3 Å². The van der Waals surface area contributed by atoms with Gasteiger partial charge in [-0.3, -0.25) is 4.79 Å². The third kappa shape index (κ3) is 7.43. The number of benzene rings is 3. The van der Waals surface area contributed by atoms with Crippen LogP contribution in [0.5, 0.6) is 5.75 Å². The predicted molar refractivity (Wildman–Crippen MR) is 160 cm³/mol. The van der Waals surface area contributed by atoms with Crippen molar-refractivity contribution >= 4 is 22.8 Å². The zero-order chi connectivity index (χ0) is 30.2. The molecular weight excluding hydrogens is 536 g/mol. The molecule has 0 unspecified atom stereocenters. The minimum atomic E-state index is -1.82. The monoisotopic (exact) mass is 572 g/mol. The van der Waals surface area contributed by atoms with Crippen LogP contribution in [-0.4, -0.2) is 44.8 Å². The van der Waals surface area contributed by atoms with Gasteiger partial charge in [-0.2, -0.15) is 0 Å². The second kappa shape index (κ2) is 13.9. The quantitative estimate of drug-likeness (QED) is 0.188. The Hall–Kier alpha value is -4.47. The SMILES string of the molecule is CCc1cc2c(cc1CC)CC(NC[C@H](O)c1ccc(OCc3ccccc3)c3[nH]c(=O)ccc13)C2.O=C(O)C(=O)O. The summed E-state index contributed by atoms with van der Waals surface area (Å²) in [5.74, 6) is -3.05. The van der Waals surface area contributed by atoms with Gasteiger partial charge in [0.25, 0.3) is 0 Å². The highest BCUT2D eigenvalue weighted by Crippen LogP contribution is 2.31. The van der Waals surface area contributed by atoms with E-state index in [4.69, 9.17) is 24.5 Å². The highest BCUT2D eigenvalue weighted by molar-refractivity contribution is 6.27. The van der Waals surface area contributed by atoms with E-state index in [9.17, 15) is 9.90 Å². The van der Waals surface area contributed by atoms with Gasteiger partial charge < -0.3 is 30.4 Å². The first kappa shape index (κ1) is 30.5. The Kier molecular flexibility index (Phi) is 10.1. The van der Waals surface area contributed by atoms with Crippen molar-refractivity contribution in [3.8, 4) is 5.75 Å². The van der Waals surface area contributed by atoms with E-state index in [0.29, 0.717) is 30.5 Å². The number of pyridine rings is 1. The third-order valence-electron chi connectivity index (χ3n) is 7.49. The summed E-state index contributed by atoms with van der Waals surface area (Å²) in [7, 11) is 0. The van der Waals surface area contributed by atoms with E-state index in [1.807, 2.05) is 42.5 Å². The molecule has 3 aromatic carbocycles. The lowest BCUT2D eigenvalue weighted by atomic mass is 9.97. The Labute approximate surface area is 243 Å². The number of H-pyrrole nitrogens is 1. The number of carboxylic acids is 2. The number of nitrogens with one attached hydrogen (secondary N) is 2. The molecule has 1 aliphatic rings. The normalized spacial score (nSPS) is 13.2. The molecule has 0 spiro atoms. The fraction of sp³-hybridized carbons (Fsp3) is 0.303. The van der Waals surface area contributed by atoms with Crippen LogP contribution >= 0.6 is 0 Å². The fourth-order valence-electron chi connectivity index (χ4n) is 5.36. The largest absolute Gasteiger partial charge is 0.487 e. The molecule has 1 aliphatic carbocycles. The van der Waals surface area contributed by atoms with Crippen molar-refractivity contribution in [2.24, 2.45) is 0 Å². The van der Waals surface area contributed by atoms with Crippen LogP contribution in [0, 0.1) is 0 Å². The van der Waals surface area contributed by atoms with Crippen molar-refractivity contribution < 1.29 is 29.6 Å². The number of aromatic nitrogens is 1. The maximum absolute atomic E-state index is 12.1. The van der Waals surface area contributed by atoms with E-state index >= 15 is 0 Å². The van der Waals surface area contributed by atoms with Crippen LogP contribution in [0.15, 0.2) is 71.5 Å². The van der Waals surface area contributed by atoms with Gasteiger partial charge in [0, 0.05) is 24.0 Å². The van der Waals surface area contributed by atoms with Crippen LogP contribution in [0.25, 0.3) is 10.9 Å². The number of hydrogen-bond acceptors (Lipinski definition) is 6. The number of aromatic amines is 1. The minimum Gasteiger partial charge on any atom is -0.487 e. The summed E-state index contributed by atoms with van der Waals surface area (Å²) in [5, 5.41) is 30.3. The maximum Gasteiger partial charge on any atom is 0.414 e. The summed E-state index contributed by atoms with van der Waals surface area (Å²) in [4.78, 5) is 33.2. The van der Waals surface area contributed by atoms with Crippen LogP contribution in [0.3, 0.4) is 0 Å². The van der Waals surface area contributed by atoms with Crippen molar-refractivity contribution in [3.05, 3.63) is 110 Å². The Balaban J connectivity index is 0.000000612. The highest BCUT2D eigenvalue weighted by atomic mass is 16.5. The summed E-state index contributed by atoms with van der Waals surface area (Å²) in [6.45, 7) is 5.28. The van der Waals surface area contributed by atoms with Crippen molar-refractivity contribution in [1.29, 1.82) is 0 Å². The topological polar surface area (TPSA) is 149 Å². The van der Waals surface area contributed by atoms with E-state index in [0.717, 1.165) is 42.2 Å². The first-order chi connectivity index (χ1) is 20.2. The first-order valence-electron chi connectivity index (χ1n) is 14.0. The van der Waals surface area contributed by atoms with E-state index in [-0.39, 0.29) is 5.56 Å². The number of hydrogen-bond donors (Lipinski definition) is 5. The number of aliphatic hydroxyl groups is 1. The van der Waals surface area contributed by atoms with Gasteiger partial charge in [-0.1, -0.05) is 62.4 Å². The molecule has 0 amide bonds. The zero-order valence-corrected chi connectivity index (χ0v) is 23.7. The highest BCUT2D eigenvalue weighted by Gasteiger charge is 2.24. The van der Waals surface area contributed by atoms with E-state index < -0.39 is 18.0 Å². The Morgan fingerprint density at radius 1 is 0.929 bits per heavy atom. The van der Waals surface area contributed by atoms with Crippen molar-refractivity contribution in [3.63, 3.8) is 0 Å². The lowest BCUT2D eigenvalue weighted by Crippen LogP contribution is -2.33. The molecule has 0 fully saturated rings. The Morgan fingerprint density at radius 2 is 1.55 bits per heavy atom. The molecular formula is C33H36N2O7. The van der Waals surface area contributed by atoms with Crippen LogP contribution in [-0.2, 0) is 41.9 Å². The fourth-order valence-corrected chi connectivity index (χ4v) is 5.36. The van der Waals surface area contributed by atoms with Gasteiger partial charge in [-0.25, -0.2) is 9.59 Å². The van der Waals surface area contributed by atoms with Gasteiger partial charge >= 0.3 is 11.9 Å². The van der Waals surface area contributed by atoms with Crippen LogP contribution < -0.4 is 15.6 Å². The summed E-state index contributed by atoms with van der Waals surface area (Å²) in [6, 6.07) is 22.0. The summed E-state index contributed by atoms with van der Waals surface area (Å²) in [5.41, 5.74) is 8.00. The molecule has 9 heteroatoms. The molecule has 9 nitrogen and oxygen atoms in total. The molecule has 4 aromatic rings. The van der Waals surface area contributed by atoms with Crippen LogP contribution in [0.4, 0.5) is 0 Å². The number of aliphatic hydroxyl groups excluding tert-OH is 1. The number of aryl methyl sites for hydroxylation is 2. The minimum absolute atomic E-state index is 0.196. The number of aliphatic carboxylic acids is 2. The van der Waals surface area contributed by atoms with Crippen molar-refractivity contribution in [2.75, 3.05) is 6.54 Å².